The topological polar surface area (TPSA) is 100 Å². The van der Waals surface area contributed by atoms with Gasteiger partial charge in [-0.25, -0.2) is 0 Å². The Kier molecular flexibility index (Phi) is 9.89. The molecule has 0 heterocycles. The van der Waals surface area contributed by atoms with E-state index in [-0.39, 0.29) is 36.2 Å². The summed E-state index contributed by atoms with van der Waals surface area (Å²) in [5, 5.41) is 3.30. The fourth-order valence-corrected chi connectivity index (χ4v) is 4.09. The molecule has 0 saturated heterocycles. The smallest absolute Gasteiger partial charge is 0.304 e. The minimum atomic E-state index is -4.39. The summed E-state index contributed by atoms with van der Waals surface area (Å²) in [5.74, 6) is -0.226. The van der Waals surface area contributed by atoms with Crippen LogP contribution < -0.4 is 19.5 Å². The lowest BCUT2D eigenvalue weighted by molar-refractivity contribution is -0.123. The number of carbonyl (C=O) groups excluding carboxylic acids is 1. The van der Waals surface area contributed by atoms with Gasteiger partial charge in [0.15, 0.2) is 4.90 Å². The molecule has 1 amide bonds. The summed E-state index contributed by atoms with van der Waals surface area (Å²) in [5.41, 5.74) is 0.694. The zero-order valence-electron chi connectivity index (χ0n) is 17.9. The fraction of sp³-hybridized carbons (Fsp3) is 0.381. The first-order valence-corrected chi connectivity index (χ1v) is 12.0. The first-order valence-electron chi connectivity index (χ1n) is 9.88. The molecular formula is C21H25Cl2NO7S. The van der Waals surface area contributed by atoms with Crippen LogP contribution in [-0.2, 0) is 25.6 Å². The molecule has 2 aromatic carbocycles. The highest BCUT2D eigenvalue weighted by Crippen LogP contribution is 2.39. The largest absolute Gasteiger partial charge is 0.494 e. The van der Waals surface area contributed by atoms with Crippen molar-refractivity contribution in [2.75, 3.05) is 26.4 Å². The lowest BCUT2D eigenvalue weighted by Crippen LogP contribution is -2.28. The van der Waals surface area contributed by atoms with Gasteiger partial charge < -0.3 is 19.5 Å². The van der Waals surface area contributed by atoms with Crippen LogP contribution in [0.5, 0.6) is 17.2 Å². The standard InChI is InChI=1S/C21H25Cl2NO7S/c1-4-28-15-10-18(29-5-2)21(19(11-15)30-6-3)32(26,27)31-13-20(25)24-12-14-7-8-16(22)17(23)9-14/h7-11H,4-6,12-13H2,1-3H3,(H,24,25). The lowest BCUT2D eigenvalue weighted by Gasteiger charge is -2.17. The number of carbonyl (C=O) groups is 1. The fourth-order valence-electron chi connectivity index (χ4n) is 2.67. The van der Waals surface area contributed by atoms with Crippen molar-refractivity contribution in [2.24, 2.45) is 0 Å². The van der Waals surface area contributed by atoms with Crippen molar-refractivity contribution in [1.82, 2.24) is 5.32 Å². The zero-order valence-corrected chi connectivity index (χ0v) is 20.3. The monoisotopic (exact) mass is 505 g/mol. The number of halogens is 2. The van der Waals surface area contributed by atoms with Crippen molar-refractivity contribution in [2.45, 2.75) is 32.2 Å². The van der Waals surface area contributed by atoms with Crippen LogP contribution in [0.3, 0.4) is 0 Å². The Balaban J connectivity index is 2.17. The molecule has 176 valence electrons. The molecule has 0 unspecified atom stereocenters. The van der Waals surface area contributed by atoms with Crippen molar-refractivity contribution >= 4 is 39.2 Å². The Morgan fingerprint density at radius 3 is 2.03 bits per heavy atom. The zero-order chi connectivity index (χ0) is 23.7. The minimum absolute atomic E-state index is 0.0121. The van der Waals surface area contributed by atoms with Crippen LogP contribution in [-0.4, -0.2) is 40.8 Å². The Bertz CT molecular complexity index is 1020. The van der Waals surface area contributed by atoms with Gasteiger partial charge in [-0.1, -0.05) is 29.3 Å². The first-order chi connectivity index (χ1) is 15.2. The molecule has 32 heavy (non-hydrogen) atoms. The van der Waals surface area contributed by atoms with E-state index in [9.17, 15) is 13.2 Å². The molecule has 0 aliphatic carbocycles. The van der Waals surface area contributed by atoms with E-state index in [4.69, 9.17) is 41.6 Å². The third-order valence-electron chi connectivity index (χ3n) is 3.97. The molecule has 0 aliphatic heterocycles. The van der Waals surface area contributed by atoms with Crippen molar-refractivity contribution < 1.29 is 31.6 Å². The van der Waals surface area contributed by atoms with E-state index in [1.807, 2.05) is 0 Å². The van der Waals surface area contributed by atoms with Crippen molar-refractivity contribution in [3.63, 3.8) is 0 Å². The average molecular weight is 506 g/mol. The average Bonchev–Trinajstić information content (AvgIpc) is 2.73. The molecule has 0 aromatic heterocycles. The van der Waals surface area contributed by atoms with Crippen LogP contribution in [0.25, 0.3) is 0 Å². The summed E-state index contributed by atoms with van der Waals surface area (Å²) >= 11 is 11.8. The van der Waals surface area contributed by atoms with Gasteiger partial charge >= 0.3 is 10.1 Å². The summed E-state index contributed by atoms with van der Waals surface area (Å²) in [6.45, 7) is 5.39. The molecule has 1 N–H and O–H groups in total. The number of amides is 1. The maximum atomic E-state index is 12.9. The second kappa shape index (κ2) is 12.2. The van der Waals surface area contributed by atoms with Crippen molar-refractivity contribution in [3.05, 3.63) is 45.9 Å². The van der Waals surface area contributed by atoms with Gasteiger partial charge in [0.1, 0.15) is 23.9 Å². The predicted octanol–water partition coefficient (Wildman–Crippen LogP) is 4.21. The normalized spacial score (nSPS) is 11.2. The molecule has 11 heteroatoms. The van der Waals surface area contributed by atoms with Crippen LogP contribution in [0.1, 0.15) is 26.3 Å². The molecular weight excluding hydrogens is 481 g/mol. The molecule has 2 rings (SSSR count). The van der Waals surface area contributed by atoms with E-state index in [0.717, 1.165) is 0 Å². The van der Waals surface area contributed by atoms with Crippen LogP contribution in [0.4, 0.5) is 0 Å². The number of hydrogen-bond acceptors (Lipinski definition) is 7. The molecule has 0 aliphatic rings. The molecule has 0 saturated carbocycles. The molecule has 0 fully saturated rings. The molecule has 0 atom stereocenters. The van der Waals surface area contributed by atoms with Gasteiger partial charge in [0.25, 0.3) is 0 Å². The van der Waals surface area contributed by atoms with Gasteiger partial charge in [-0.3, -0.25) is 8.98 Å². The van der Waals surface area contributed by atoms with Gasteiger partial charge in [-0.05, 0) is 38.5 Å². The van der Waals surface area contributed by atoms with E-state index in [0.29, 0.717) is 28.0 Å². The highest BCUT2D eigenvalue weighted by Gasteiger charge is 2.28. The number of rotatable bonds is 12. The second-order valence-electron chi connectivity index (χ2n) is 6.29. The second-order valence-corrected chi connectivity index (χ2v) is 8.66. The summed E-state index contributed by atoms with van der Waals surface area (Å²) in [4.78, 5) is 11.9. The van der Waals surface area contributed by atoms with Gasteiger partial charge in [0, 0.05) is 18.7 Å². The van der Waals surface area contributed by atoms with E-state index in [1.165, 1.54) is 12.1 Å². The number of benzene rings is 2. The molecule has 8 nitrogen and oxygen atoms in total. The molecule has 0 radical (unpaired) electrons. The summed E-state index contributed by atoms with van der Waals surface area (Å²) < 4.78 is 47.3. The maximum absolute atomic E-state index is 12.9. The number of hydrogen-bond donors (Lipinski definition) is 1. The third kappa shape index (κ3) is 7.16. The minimum Gasteiger partial charge on any atom is -0.494 e. The maximum Gasteiger partial charge on any atom is 0.304 e. The predicted molar refractivity (Wildman–Crippen MR) is 121 cm³/mol. The van der Waals surface area contributed by atoms with E-state index >= 15 is 0 Å². The van der Waals surface area contributed by atoms with E-state index < -0.39 is 22.6 Å². The van der Waals surface area contributed by atoms with Gasteiger partial charge in [0.2, 0.25) is 5.91 Å². The van der Waals surface area contributed by atoms with Crippen LogP contribution in [0.2, 0.25) is 10.0 Å². The summed E-state index contributed by atoms with van der Waals surface area (Å²) in [7, 11) is -4.39. The molecule has 0 bridgehead atoms. The Labute approximate surface area is 197 Å². The van der Waals surface area contributed by atoms with Crippen LogP contribution >= 0.6 is 23.2 Å². The first kappa shape index (κ1) is 26.1. The summed E-state index contributed by atoms with van der Waals surface area (Å²) in [6.07, 6.45) is 0. The van der Waals surface area contributed by atoms with Gasteiger partial charge in [0.05, 0.1) is 29.9 Å². The highest BCUT2D eigenvalue weighted by atomic mass is 35.5. The quantitative estimate of drug-likeness (QED) is 0.431. The Morgan fingerprint density at radius 1 is 0.906 bits per heavy atom. The molecule has 0 spiro atoms. The van der Waals surface area contributed by atoms with E-state index in [1.54, 1.807) is 39.0 Å². The van der Waals surface area contributed by atoms with Crippen molar-refractivity contribution in [1.29, 1.82) is 0 Å². The third-order valence-corrected chi connectivity index (χ3v) is 6.04. The lowest BCUT2D eigenvalue weighted by atomic mass is 10.2. The Hall–Kier alpha value is -2.20. The number of nitrogens with one attached hydrogen (secondary N) is 1. The SMILES string of the molecule is CCOc1cc(OCC)c(S(=O)(=O)OCC(=O)NCc2ccc(Cl)c(Cl)c2)c(OCC)c1. The van der Waals surface area contributed by atoms with Gasteiger partial charge in [-0.15, -0.1) is 0 Å². The molecule has 2 aromatic rings. The highest BCUT2D eigenvalue weighted by molar-refractivity contribution is 7.87. The van der Waals surface area contributed by atoms with Crippen LogP contribution in [0, 0.1) is 0 Å². The Morgan fingerprint density at radius 2 is 1.50 bits per heavy atom. The summed E-state index contributed by atoms with van der Waals surface area (Å²) in [6, 6.07) is 7.77. The van der Waals surface area contributed by atoms with Crippen LogP contribution in [0.15, 0.2) is 35.2 Å². The van der Waals surface area contributed by atoms with Crippen molar-refractivity contribution in [3.8, 4) is 17.2 Å². The van der Waals surface area contributed by atoms with Gasteiger partial charge in [-0.2, -0.15) is 8.42 Å². The van der Waals surface area contributed by atoms with E-state index in [2.05, 4.69) is 5.32 Å². The number of ether oxygens (including phenoxy) is 3.